The average molecular weight is 245 g/mol. The maximum atomic E-state index is 11.6. The number of carbonyl (C=O) groups excluding carboxylic acids is 3. The fourth-order valence-corrected chi connectivity index (χ4v) is 0.984. The zero-order chi connectivity index (χ0) is 13.6. The Balaban J connectivity index is 4.23. The number of ether oxygens (including phenoxy) is 1. The third-order valence-corrected chi connectivity index (χ3v) is 2.08. The summed E-state index contributed by atoms with van der Waals surface area (Å²) in [5.41, 5.74) is 5.34. The van der Waals surface area contributed by atoms with E-state index < -0.39 is 35.9 Å². The summed E-state index contributed by atoms with van der Waals surface area (Å²) in [5, 5.41) is 4.82. The zero-order valence-corrected chi connectivity index (χ0v) is 10.4. The molecular formula is C10H19N3O4. The van der Waals surface area contributed by atoms with Crippen molar-refractivity contribution in [2.24, 2.45) is 5.73 Å². The van der Waals surface area contributed by atoms with Gasteiger partial charge in [-0.1, -0.05) is 0 Å². The predicted molar refractivity (Wildman–Crippen MR) is 60.9 cm³/mol. The first-order chi connectivity index (χ1) is 7.79. The molecule has 7 heteroatoms. The Hall–Kier alpha value is -1.63. The van der Waals surface area contributed by atoms with Crippen molar-refractivity contribution in [3.63, 3.8) is 0 Å². The van der Waals surface area contributed by atoms with Gasteiger partial charge in [0.25, 0.3) is 0 Å². The van der Waals surface area contributed by atoms with Crippen LogP contribution in [-0.2, 0) is 19.1 Å². The SMILES string of the molecule is COC(=O)[C@H](C)NC(=O)[C@H](C)NC(=O)[C@H](C)N. The molecule has 0 unspecified atom stereocenters. The molecule has 0 aromatic carbocycles. The Morgan fingerprint density at radius 1 is 1.00 bits per heavy atom. The Morgan fingerprint density at radius 2 is 1.47 bits per heavy atom. The second kappa shape index (κ2) is 6.85. The number of nitrogens with two attached hydrogens (primary N) is 1. The summed E-state index contributed by atoms with van der Waals surface area (Å²) in [4.78, 5) is 33.8. The number of amides is 2. The molecule has 0 aliphatic carbocycles. The third-order valence-electron chi connectivity index (χ3n) is 2.08. The molecule has 0 rings (SSSR count). The molecule has 7 nitrogen and oxygen atoms in total. The molecule has 2 amide bonds. The highest BCUT2D eigenvalue weighted by Crippen LogP contribution is 1.90. The largest absolute Gasteiger partial charge is 0.467 e. The first kappa shape index (κ1) is 15.4. The number of hydrogen-bond donors (Lipinski definition) is 3. The molecule has 3 atom stereocenters. The summed E-state index contributed by atoms with van der Waals surface area (Å²) in [5.74, 6) is -1.46. The van der Waals surface area contributed by atoms with E-state index in [0.717, 1.165) is 0 Å². The van der Waals surface area contributed by atoms with Gasteiger partial charge in [0.15, 0.2) is 0 Å². The molecule has 0 aliphatic heterocycles. The summed E-state index contributed by atoms with van der Waals surface area (Å²) in [6.07, 6.45) is 0. The van der Waals surface area contributed by atoms with Gasteiger partial charge in [-0.25, -0.2) is 4.79 Å². The molecule has 0 bridgehead atoms. The number of carbonyl (C=O) groups is 3. The van der Waals surface area contributed by atoms with Gasteiger partial charge >= 0.3 is 5.97 Å². The van der Waals surface area contributed by atoms with E-state index >= 15 is 0 Å². The van der Waals surface area contributed by atoms with Crippen LogP contribution in [0.5, 0.6) is 0 Å². The fourth-order valence-electron chi connectivity index (χ4n) is 0.984. The lowest BCUT2D eigenvalue weighted by atomic mass is 10.2. The molecule has 0 radical (unpaired) electrons. The molecule has 0 heterocycles. The molecule has 17 heavy (non-hydrogen) atoms. The van der Waals surface area contributed by atoms with Crippen molar-refractivity contribution in [2.75, 3.05) is 7.11 Å². The van der Waals surface area contributed by atoms with Crippen molar-refractivity contribution in [1.29, 1.82) is 0 Å². The Kier molecular flexibility index (Phi) is 6.19. The second-order valence-corrected chi connectivity index (χ2v) is 3.77. The summed E-state index contributed by atoms with van der Waals surface area (Å²) < 4.78 is 4.45. The van der Waals surface area contributed by atoms with E-state index in [4.69, 9.17) is 5.73 Å². The van der Waals surface area contributed by atoms with Crippen molar-refractivity contribution in [2.45, 2.75) is 38.9 Å². The van der Waals surface area contributed by atoms with E-state index in [2.05, 4.69) is 15.4 Å². The van der Waals surface area contributed by atoms with Crippen molar-refractivity contribution in [3.8, 4) is 0 Å². The van der Waals surface area contributed by atoms with Gasteiger partial charge < -0.3 is 21.1 Å². The lowest BCUT2D eigenvalue weighted by Gasteiger charge is -2.17. The van der Waals surface area contributed by atoms with Crippen LogP contribution in [0.4, 0.5) is 0 Å². The first-order valence-corrected chi connectivity index (χ1v) is 5.23. The van der Waals surface area contributed by atoms with Gasteiger partial charge in [-0.3, -0.25) is 9.59 Å². The van der Waals surface area contributed by atoms with Crippen LogP contribution in [0.2, 0.25) is 0 Å². The van der Waals surface area contributed by atoms with Crippen LogP contribution in [0, 0.1) is 0 Å². The number of hydrogen-bond acceptors (Lipinski definition) is 5. The summed E-state index contributed by atoms with van der Waals surface area (Å²) >= 11 is 0. The molecule has 0 saturated heterocycles. The van der Waals surface area contributed by atoms with Crippen LogP contribution in [0.1, 0.15) is 20.8 Å². The van der Waals surface area contributed by atoms with Crippen molar-refractivity contribution in [1.82, 2.24) is 10.6 Å². The van der Waals surface area contributed by atoms with E-state index in [1.54, 1.807) is 0 Å². The van der Waals surface area contributed by atoms with E-state index in [-0.39, 0.29) is 0 Å². The quantitative estimate of drug-likeness (QED) is 0.511. The number of esters is 1. The van der Waals surface area contributed by atoms with Gasteiger partial charge in [-0.15, -0.1) is 0 Å². The first-order valence-electron chi connectivity index (χ1n) is 5.23. The summed E-state index contributed by atoms with van der Waals surface area (Å²) in [6, 6.07) is -2.22. The Labute approximate surface area is 100 Å². The van der Waals surface area contributed by atoms with Crippen LogP contribution in [0.3, 0.4) is 0 Å². The standard InChI is InChI=1S/C10H19N3O4/c1-5(11)8(14)12-6(2)9(15)13-7(3)10(16)17-4/h5-7H,11H2,1-4H3,(H,12,14)(H,13,15)/t5-,6-,7-/m0/s1. The molecular weight excluding hydrogens is 226 g/mol. The van der Waals surface area contributed by atoms with Gasteiger partial charge in [0.05, 0.1) is 13.2 Å². The molecule has 0 saturated carbocycles. The molecule has 0 aromatic heterocycles. The van der Waals surface area contributed by atoms with Crippen molar-refractivity contribution in [3.05, 3.63) is 0 Å². The van der Waals surface area contributed by atoms with Crippen LogP contribution in [0.25, 0.3) is 0 Å². The van der Waals surface area contributed by atoms with Crippen molar-refractivity contribution < 1.29 is 19.1 Å². The minimum absolute atomic E-state index is 0.432. The lowest BCUT2D eigenvalue weighted by molar-refractivity contribution is -0.144. The monoisotopic (exact) mass is 245 g/mol. The third kappa shape index (κ3) is 5.30. The van der Waals surface area contributed by atoms with Gasteiger partial charge in [0.1, 0.15) is 12.1 Å². The maximum absolute atomic E-state index is 11.6. The van der Waals surface area contributed by atoms with Crippen LogP contribution in [-0.4, -0.2) is 43.0 Å². The molecule has 0 aliphatic rings. The highest BCUT2D eigenvalue weighted by molar-refractivity contribution is 5.91. The Bertz CT molecular complexity index is 304. The molecule has 0 spiro atoms. The van der Waals surface area contributed by atoms with E-state index in [9.17, 15) is 14.4 Å². The highest BCUT2D eigenvalue weighted by Gasteiger charge is 2.21. The molecule has 0 fully saturated rings. The maximum Gasteiger partial charge on any atom is 0.328 e. The summed E-state index contributed by atoms with van der Waals surface area (Å²) in [7, 11) is 1.23. The van der Waals surface area contributed by atoms with Crippen molar-refractivity contribution >= 4 is 17.8 Å². The predicted octanol–water partition coefficient (Wildman–Crippen LogP) is -1.48. The van der Waals surface area contributed by atoms with Crippen LogP contribution < -0.4 is 16.4 Å². The molecule has 98 valence electrons. The van der Waals surface area contributed by atoms with Crippen LogP contribution in [0.15, 0.2) is 0 Å². The fraction of sp³-hybridized carbons (Fsp3) is 0.700. The molecule has 4 N–H and O–H groups in total. The van der Waals surface area contributed by atoms with Gasteiger partial charge in [-0.2, -0.15) is 0 Å². The molecule has 0 aromatic rings. The normalized spacial score (nSPS) is 15.4. The van der Waals surface area contributed by atoms with E-state index in [0.29, 0.717) is 0 Å². The van der Waals surface area contributed by atoms with Gasteiger partial charge in [0, 0.05) is 0 Å². The topological polar surface area (TPSA) is 111 Å². The van der Waals surface area contributed by atoms with Gasteiger partial charge in [-0.05, 0) is 20.8 Å². The number of nitrogens with one attached hydrogen (secondary N) is 2. The van der Waals surface area contributed by atoms with E-state index in [1.807, 2.05) is 0 Å². The second-order valence-electron chi connectivity index (χ2n) is 3.77. The highest BCUT2D eigenvalue weighted by atomic mass is 16.5. The summed E-state index contributed by atoms with van der Waals surface area (Å²) in [6.45, 7) is 4.50. The smallest absolute Gasteiger partial charge is 0.328 e. The van der Waals surface area contributed by atoms with Gasteiger partial charge in [0.2, 0.25) is 11.8 Å². The zero-order valence-electron chi connectivity index (χ0n) is 10.4. The lowest BCUT2D eigenvalue weighted by Crippen LogP contribution is -2.52. The van der Waals surface area contributed by atoms with E-state index in [1.165, 1.54) is 27.9 Å². The average Bonchev–Trinajstić information content (AvgIpc) is 2.27. The van der Waals surface area contributed by atoms with Crippen LogP contribution >= 0.6 is 0 Å². The number of methoxy groups -OCH3 is 1. The minimum Gasteiger partial charge on any atom is -0.467 e. The number of rotatable bonds is 5. The minimum atomic E-state index is -0.763. The Morgan fingerprint density at radius 3 is 1.88 bits per heavy atom.